The van der Waals surface area contributed by atoms with Gasteiger partial charge in [-0.1, -0.05) is 194 Å². The van der Waals surface area contributed by atoms with Crippen molar-refractivity contribution in [1.29, 1.82) is 0 Å². The number of para-hydroxylation sites is 4. The van der Waals surface area contributed by atoms with E-state index >= 15 is 0 Å². The van der Waals surface area contributed by atoms with Gasteiger partial charge >= 0.3 is 0 Å². The molecule has 17 aromatic rings. The predicted octanol–water partition coefficient (Wildman–Crippen LogP) is 17.2. The summed E-state index contributed by atoms with van der Waals surface area (Å²) in [5, 5.41) is 6.28. The van der Waals surface area contributed by atoms with Crippen molar-refractivity contribution in [2.24, 2.45) is 0 Å². The number of nitrogens with zero attached hydrogens (tertiary/aromatic N) is 12. The fraction of sp³-hybridized carbons (Fsp3) is 0. The molecule has 87 heavy (non-hydrogen) atoms. The van der Waals surface area contributed by atoms with E-state index in [4.69, 9.17) is 44.9 Å². The first-order chi connectivity index (χ1) is 43.1. The van der Waals surface area contributed by atoms with Gasteiger partial charge in [0.05, 0.1) is 33.1 Å². The third-order valence-corrected chi connectivity index (χ3v) is 16.2. The van der Waals surface area contributed by atoms with Crippen molar-refractivity contribution < 1.29 is 0 Å². The van der Waals surface area contributed by atoms with Gasteiger partial charge in [-0.25, -0.2) is 24.9 Å². The normalized spacial score (nSPS) is 11.7. The minimum absolute atomic E-state index is 0.479. The maximum Gasteiger partial charge on any atom is 0.238 e. The summed E-state index contributed by atoms with van der Waals surface area (Å²) in [7, 11) is 0. The maximum absolute atomic E-state index is 5.41. The van der Waals surface area contributed by atoms with Crippen molar-refractivity contribution in [1.82, 2.24) is 58.6 Å². The van der Waals surface area contributed by atoms with Gasteiger partial charge in [0.2, 0.25) is 11.9 Å². The lowest BCUT2D eigenvalue weighted by Gasteiger charge is -2.12. The van der Waals surface area contributed by atoms with Crippen LogP contribution in [0.15, 0.2) is 279 Å². The molecule has 6 aromatic heterocycles. The highest BCUT2D eigenvalue weighted by atomic mass is 15.2. The third kappa shape index (κ3) is 8.49. The molecule has 0 fully saturated rings. The molecule has 6 heterocycles. The Kier molecular flexibility index (Phi) is 11.6. The fourth-order valence-electron chi connectivity index (χ4n) is 12.2. The first-order valence-corrected chi connectivity index (χ1v) is 28.8. The maximum atomic E-state index is 5.41. The summed E-state index contributed by atoms with van der Waals surface area (Å²) in [6, 6.07) is 95.4. The summed E-state index contributed by atoms with van der Waals surface area (Å²) in [4.78, 5) is 47.0. The highest BCUT2D eigenvalue weighted by Crippen LogP contribution is 2.40. The molecule has 0 saturated carbocycles. The van der Waals surface area contributed by atoms with Gasteiger partial charge in [-0.15, -0.1) is 0 Å². The Balaban J connectivity index is 0.820. The summed E-state index contributed by atoms with van der Waals surface area (Å²) in [6.45, 7) is 0. The minimum Gasteiger partial charge on any atom is -0.309 e. The van der Waals surface area contributed by atoms with Gasteiger partial charge in [-0.2, -0.15) is 19.9 Å². The molecule has 0 amide bonds. The molecular formula is C75H46N12. The second-order valence-corrected chi connectivity index (χ2v) is 21.4. The van der Waals surface area contributed by atoms with Gasteiger partial charge in [0.25, 0.3) is 0 Å². The lowest BCUT2D eigenvalue weighted by molar-refractivity contribution is 0.952. The summed E-state index contributed by atoms with van der Waals surface area (Å²) in [5.41, 5.74) is 13.1. The van der Waals surface area contributed by atoms with E-state index in [9.17, 15) is 0 Å². The standard InChI is InChI=1S/C75H46N12/c1-6-22-47(23-7-1)67-76-68(48-24-8-2-9-25-48)78-71(77-67)51-39-42-65-59(44-51)56-33-17-20-36-62(56)86(65)75-82-70(50-28-12-4-13-29-50)80-73(84-75)53-40-43-66-60(46-53)57-34-18-21-37-63(57)87(66)74-81-69(49-26-10-3-11-27-49)79-72(83-74)52-38-41-64-58(45-52)55-32-16-19-35-61(55)85(64)54-30-14-5-15-31-54/h1-46H. The van der Waals surface area contributed by atoms with Gasteiger partial charge in [-0.3, -0.25) is 9.13 Å². The van der Waals surface area contributed by atoms with E-state index < -0.39 is 0 Å². The van der Waals surface area contributed by atoms with E-state index in [0.717, 1.165) is 110 Å². The molecule has 0 bridgehead atoms. The molecule has 0 radical (unpaired) electrons. The first kappa shape index (κ1) is 49.5. The fourth-order valence-corrected chi connectivity index (χ4v) is 12.2. The lowest BCUT2D eigenvalue weighted by atomic mass is 10.1. The Morgan fingerprint density at radius 3 is 0.759 bits per heavy atom. The monoisotopic (exact) mass is 1110 g/mol. The van der Waals surface area contributed by atoms with Crippen LogP contribution in [0.2, 0.25) is 0 Å². The Hall–Kier alpha value is -12.2. The number of aromatic nitrogens is 12. The first-order valence-electron chi connectivity index (χ1n) is 28.8. The molecule has 406 valence electrons. The molecule has 0 saturated heterocycles. The van der Waals surface area contributed by atoms with Crippen LogP contribution in [0.1, 0.15) is 0 Å². The van der Waals surface area contributed by atoms with Gasteiger partial charge in [-0.05, 0) is 84.9 Å². The molecule has 0 N–H and O–H groups in total. The molecule has 0 spiro atoms. The van der Waals surface area contributed by atoms with Gasteiger partial charge in [0, 0.05) is 76.9 Å². The van der Waals surface area contributed by atoms with Crippen LogP contribution < -0.4 is 0 Å². The van der Waals surface area contributed by atoms with Gasteiger partial charge < -0.3 is 4.57 Å². The summed E-state index contributed by atoms with van der Waals surface area (Å²) in [5.74, 6) is 4.94. The van der Waals surface area contributed by atoms with Crippen molar-refractivity contribution >= 4 is 65.4 Å². The molecule has 0 aliphatic carbocycles. The van der Waals surface area contributed by atoms with Crippen LogP contribution in [0, 0.1) is 0 Å². The van der Waals surface area contributed by atoms with Crippen LogP contribution in [-0.4, -0.2) is 58.6 Å². The highest BCUT2D eigenvalue weighted by Gasteiger charge is 2.24. The number of benzene rings is 11. The lowest BCUT2D eigenvalue weighted by Crippen LogP contribution is -2.07. The zero-order chi connectivity index (χ0) is 57.4. The highest BCUT2D eigenvalue weighted by molar-refractivity contribution is 6.12. The van der Waals surface area contributed by atoms with E-state index in [2.05, 4.69) is 165 Å². The van der Waals surface area contributed by atoms with Crippen molar-refractivity contribution in [2.75, 3.05) is 0 Å². The average molecular weight is 1120 g/mol. The van der Waals surface area contributed by atoms with E-state index in [1.54, 1.807) is 0 Å². The third-order valence-electron chi connectivity index (χ3n) is 16.2. The van der Waals surface area contributed by atoms with Crippen LogP contribution in [0.5, 0.6) is 0 Å². The number of hydrogen-bond donors (Lipinski definition) is 0. The number of hydrogen-bond acceptors (Lipinski definition) is 9. The predicted molar refractivity (Wildman–Crippen MR) is 348 cm³/mol. The smallest absolute Gasteiger partial charge is 0.238 e. The SMILES string of the molecule is c1ccc(-c2nc(-c3ccccc3)nc(-c3ccc4c(c3)c3ccccc3n4-c3nc(-c4ccccc4)nc(-c4ccc5c(c4)c4ccccc4n5-c4nc(-c5ccccc5)nc(-c5ccc6c(c5)c5ccccc5n6-c5ccccc5)n4)n3)n2)cc1. The minimum atomic E-state index is 0.479. The van der Waals surface area contributed by atoms with Crippen molar-refractivity contribution in [2.45, 2.75) is 0 Å². The zero-order valence-corrected chi connectivity index (χ0v) is 46.4. The molecule has 11 aromatic carbocycles. The Morgan fingerprint density at radius 2 is 0.414 bits per heavy atom. The molecule has 12 heteroatoms. The van der Waals surface area contributed by atoms with E-state index in [1.165, 1.54) is 0 Å². The second-order valence-electron chi connectivity index (χ2n) is 21.4. The summed E-state index contributed by atoms with van der Waals surface area (Å²) < 4.78 is 6.60. The summed E-state index contributed by atoms with van der Waals surface area (Å²) >= 11 is 0. The second kappa shape index (κ2) is 20.3. The van der Waals surface area contributed by atoms with Crippen molar-refractivity contribution in [3.8, 4) is 97.3 Å². The topological polar surface area (TPSA) is 131 Å². The van der Waals surface area contributed by atoms with Crippen molar-refractivity contribution in [3.05, 3.63) is 279 Å². The molecule has 0 aliphatic rings. The number of rotatable bonds is 10. The van der Waals surface area contributed by atoms with Crippen LogP contribution in [0.3, 0.4) is 0 Å². The quantitative estimate of drug-likeness (QED) is 0.131. The van der Waals surface area contributed by atoms with E-state index in [0.29, 0.717) is 52.7 Å². The zero-order valence-electron chi connectivity index (χ0n) is 46.4. The van der Waals surface area contributed by atoms with Crippen LogP contribution in [-0.2, 0) is 0 Å². The molecule has 17 rings (SSSR count). The van der Waals surface area contributed by atoms with Gasteiger partial charge in [0.1, 0.15) is 0 Å². The molecular weight excluding hydrogens is 1070 g/mol. The molecule has 0 unspecified atom stereocenters. The van der Waals surface area contributed by atoms with Crippen LogP contribution >= 0.6 is 0 Å². The molecule has 12 nitrogen and oxygen atoms in total. The number of fused-ring (bicyclic) bond motifs is 9. The van der Waals surface area contributed by atoms with Crippen molar-refractivity contribution in [3.63, 3.8) is 0 Å². The largest absolute Gasteiger partial charge is 0.309 e. The summed E-state index contributed by atoms with van der Waals surface area (Å²) in [6.07, 6.45) is 0. The average Bonchev–Trinajstić information content (AvgIpc) is 1.95. The molecule has 0 atom stereocenters. The van der Waals surface area contributed by atoms with E-state index in [1.807, 2.05) is 127 Å². The Bertz CT molecular complexity index is 5450. The van der Waals surface area contributed by atoms with E-state index in [-0.39, 0.29) is 0 Å². The molecule has 0 aliphatic heterocycles. The van der Waals surface area contributed by atoms with Gasteiger partial charge in [0.15, 0.2) is 40.8 Å². The van der Waals surface area contributed by atoms with Crippen LogP contribution in [0.4, 0.5) is 0 Å². The van der Waals surface area contributed by atoms with Crippen LogP contribution in [0.25, 0.3) is 163 Å². The Labute approximate surface area is 497 Å². The Morgan fingerprint density at radius 1 is 0.172 bits per heavy atom.